The number of benzene rings is 1. The van der Waals surface area contributed by atoms with Gasteiger partial charge in [-0.3, -0.25) is 0 Å². The largest absolute Gasteiger partial charge is 0.381 e. The summed E-state index contributed by atoms with van der Waals surface area (Å²) in [6.45, 7) is 2.13. The quantitative estimate of drug-likeness (QED) is 0.712. The Morgan fingerprint density at radius 2 is 1.86 bits per heavy atom. The molecule has 0 bridgehead atoms. The number of aryl methyl sites for hydroxylation is 1. The highest BCUT2D eigenvalue weighted by atomic mass is 16.5. The third-order valence-corrected chi connectivity index (χ3v) is 3.17. The average Bonchev–Trinajstić information content (AvgIpc) is 2.13. The fraction of sp³-hybridized carbons (Fsp3) is 0.538. The first kappa shape index (κ1) is 9.72. The summed E-state index contributed by atoms with van der Waals surface area (Å²) in [6, 6.07) is 8.88. The standard InChI is InChI=1S/C13H18O/c1-10-3-5-11(6-4-10)7-12-8-13(9-12)14-2/h3-6,12-13H,7-9H2,1-2H3. The fourth-order valence-corrected chi connectivity index (χ4v) is 2.09. The van der Waals surface area contributed by atoms with E-state index >= 15 is 0 Å². The molecule has 1 nitrogen and oxygen atoms in total. The molecule has 0 radical (unpaired) electrons. The second-order valence-corrected chi connectivity index (χ2v) is 4.38. The van der Waals surface area contributed by atoms with Crippen molar-refractivity contribution in [2.24, 2.45) is 5.92 Å². The molecule has 0 spiro atoms. The van der Waals surface area contributed by atoms with Crippen LogP contribution in [0.5, 0.6) is 0 Å². The van der Waals surface area contributed by atoms with Gasteiger partial charge in [-0.15, -0.1) is 0 Å². The molecule has 0 unspecified atom stereocenters. The first-order chi connectivity index (χ1) is 6.78. The van der Waals surface area contributed by atoms with Gasteiger partial charge in [-0.2, -0.15) is 0 Å². The lowest BCUT2D eigenvalue weighted by Gasteiger charge is -2.34. The Morgan fingerprint density at radius 1 is 1.21 bits per heavy atom. The molecule has 14 heavy (non-hydrogen) atoms. The van der Waals surface area contributed by atoms with E-state index in [1.807, 2.05) is 7.11 Å². The summed E-state index contributed by atoms with van der Waals surface area (Å²) < 4.78 is 5.27. The number of hydrogen-bond donors (Lipinski definition) is 0. The zero-order chi connectivity index (χ0) is 9.97. The van der Waals surface area contributed by atoms with Crippen LogP contribution in [0.4, 0.5) is 0 Å². The van der Waals surface area contributed by atoms with Crippen molar-refractivity contribution in [3.8, 4) is 0 Å². The molecule has 1 aromatic rings. The summed E-state index contributed by atoms with van der Waals surface area (Å²) in [5, 5.41) is 0. The van der Waals surface area contributed by atoms with E-state index in [1.165, 1.54) is 30.4 Å². The van der Waals surface area contributed by atoms with Crippen molar-refractivity contribution in [2.75, 3.05) is 7.11 Å². The second kappa shape index (κ2) is 4.14. The molecule has 0 saturated heterocycles. The van der Waals surface area contributed by atoms with Crippen LogP contribution < -0.4 is 0 Å². The lowest BCUT2D eigenvalue weighted by Crippen LogP contribution is -2.31. The van der Waals surface area contributed by atoms with Gasteiger partial charge in [-0.1, -0.05) is 29.8 Å². The minimum atomic E-state index is 0.533. The maximum Gasteiger partial charge on any atom is 0.0576 e. The van der Waals surface area contributed by atoms with Gasteiger partial charge < -0.3 is 4.74 Å². The number of ether oxygens (including phenoxy) is 1. The molecule has 0 atom stereocenters. The van der Waals surface area contributed by atoms with E-state index in [9.17, 15) is 0 Å². The van der Waals surface area contributed by atoms with Gasteiger partial charge >= 0.3 is 0 Å². The van der Waals surface area contributed by atoms with Gasteiger partial charge in [0.1, 0.15) is 0 Å². The summed E-state index contributed by atoms with van der Waals surface area (Å²) >= 11 is 0. The van der Waals surface area contributed by atoms with Crippen LogP contribution in [-0.4, -0.2) is 13.2 Å². The second-order valence-electron chi connectivity index (χ2n) is 4.38. The molecule has 0 heterocycles. The Hall–Kier alpha value is -0.820. The van der Waals surface area contributed by atoms with Crippen molar-refractivity contribution >= 4 is 0 Å². The molecule has 1 aliphatic rings. The lowest BCUT2D eigenvalue weighted by atomic mass is 9.78. The maximum atomic E-state index is 5.27. The monoisotopic (exact) mass is 190 g/mol. The predicted molar refractivity (Wildman–Crippen MR) is 58.4 cm³/mol. The van der Waals surface area contributed by atoms with E-state index < -0.39 is 0 Å². The molecule has 0 N–H and O–H groups in total. The van der Waals surface area contributed by atoms with Crippen LogP contribution in [0.1, 0.15) is 24.0 Å². The van der Waals surface area contributed by atoms with Gasteiger partial charge in [0.15, 0.2) is 0 Å². The number of rotatable bonds is 3. The molecule has 1 aromatic carbocycles. The topological polar surface area (TPSA) is 9.23 Å². The van der Waals surface area contributed by atoms with Crippen molar-refractivity contribution < 1.29 is 4.74 Å². The Labute approximate surface area is 86.1 Å². The van der Waals surface area contributed by atoms with Crippen LogP contribution in [0.25, 0.3) is 0 Å². The molecule has 1 saturated carbocycles. The summed E-state index contributed by atoms with van der Waals surface area (Å²) in [5.41, 5.74) is 2.81. The van der Waals surface area contributed by atoms with Crippen molar-refractivity contribution in [1.29, 1.82) is 0 Å². The third kappa shape index (κ3) is 2.16. The van der Waals surface area contributed by atoms with Crippen molar-refractivity contribution in [3.05, 3.63) is 35.4 Å². The van der Waals surface area contributed by atoms with Gasteiger partial charge in [0.05, 0.1) is 6.10 Å². The molecule has 1 heteroatoms. The highest BCUT2D eigenvalue weighted by molar-refractivity contribution is 5.22. The molecule has 76 valence electrons. The minimum Gasteiger partial charge on any atom is -0.381 e. The highest BCUT2D eigenvalue weighted by Gasteiger charge is 2.28. The molecule has 0 aliphatic heterocycles. The van der Waals surface area contributed by atoms with E-state index in [0.717, 1.165) is 5.92 Å². The molecule has 0 aromatic heterocycles. The first-order valence-corrected chi connectivity index (χ1v) is 5.36. The van der Waals surface area contributed by atoms with Gasteiger partial charge in [0, 0.05) is 7.11 Å². The zero-order valence-corrected chi connectivity index (χ0v) is 8.99. The van der Waals surface area contributed by atoms with E-state index in [1.54, 1.807) is 0 Å². The van der Waals surface area contributed by atoms with Crippen LogP contribution in [0.2, 0.25) is 0 Å². The minimum absolute atomic E-state index is 0.533. The van der Waals surface area contributed by atoms with Crippen LogP contribution in [0, 0.1) is 12.8 Å². The summed E-state index contributed by atoms with van der Waals surface area (Å²) in [4.78, 5) is 0. The molecule has 1 fully saturated rings. The van der Waals surface area contributed by atoms with Gasteiger partial charge in [0.25, 0.3) is 0 Å². The van der Waals surface area contributed by atoms with Crippen molar-refractivity contribution in [2.45, 2.75) is 32.3 Å². The molecular formula is C13H18O. The molecule has 2 rings (SSSR count). The van der Waals surface area contributed by atoms with E-state index in [0.29, 0.717) is 6.10 Å². The Balaban J connectivity index is 1.84. The predicted octanol–water partition coefficient (Wildman–Crippen LogP) is 2.96. The average molecular weight is 190 g/mol. The molecular weight excluding hydrogens is 172 g/mol. The summed E-state index contributed by atoms with van der Waals surface area (Å²) in [7, 11) is 1.81. The number of methoxy groups -OCH3 is 1. The summed E-state index contributed by atoms with van der Waals surface area (Å²) in [6.07, 6.45) is 4.24. The smallest absolute Gasteiger partial charge is 0.0576 e. The van der Waals surface area contributed by atoms with Crippen LogP contribution >= 0.6 is 0 Å². The van der Waals surface area contributed by atoms with E-state index in [-0.39, 0.29) is 0 Å². The van der Waals surface area contributed by atoms with Crippen molar-refractivity contribution in [1.82, 2.24) is 0 Å². The SMILES string of the molecule is COC1CC(Cc2ccc(C)cc2)C1. The van der Waals surface area contributed by atoms with Crippen LogP contribution in [0.15, 0.2) is 24.3 Å². The van der Waals surface area contributed by atoms with Gasteiger partial charge in [-0.25, -0.2) is 0 Å². The first-order valence-electron chi connectivity index (χ1n) is 5.36. The van der Waals surface area contributed by atoms with Crippen LogP contribution in [0.3, 0.4) is 0 Å². The highest BCUT2D eigenvalue weighted by Crippen LogP contribution is 2.32. The Morgan fingerprint density at radius 3 is 2.43 bits per heavy atom. The third-order valence-electron chi connectivity index (χ3n) is 3.17. The van der Waals surface area contributed by atoms with E-state index in [2.05, 4.69) is 31.2 Å². The fourth-order valence-electron chi connectivity index (χ4n) is 2.09. The Kier molecular flexibility index (Phi) is 2.87. The normalized spacial score (nSPS) is 25.9. The number of hydrogen-bond acceptors (Lipinski definition) is 1. The van der Waals surface area contributed by atoms with Gasteiger partial charge in [0.2, 0.25) is 0 Å². The van der Waals surface area contributed by atoms with Crippen LogP contribution in [-0.2, 0) is 11.2 Å². The van der Waals surface area contributed by atoms with Gasteiger partial charge in [-0.05, 0) is 37.7 Å². The maximum absolute atomic E-state index is 5.27. The Bertz CT molecular complexity index is 283. The van der Waals surface area contributed by atoms with Crippen molar-refractivity contribution in [3.63, 3.8) is 0 Å². The summed E-state index contributed by atoms with van der Waals surface area (Å²) in [5.74, 6) is 0.850. The molecule has 0 amide bonds. The lowest BCUT2D eigenvalue weighted by molar-refractivity contribution is 0.00145. The molecule has 1 aliphatic carbocycles. The zero-order valence-electron chi connectivity index (χ0n) is 8.99. The van der Waals surface area contributed by atoms with E-state index in [4.69, 9.17) is 4.74 Å².